The fraction of sp³-hybridized carbons (Fsp3) is 1.00. The maximum absolute atomic E-state index is 9.48. The van der Waals surface area contributed by atoms with Gasteiger partial charge in [-0.1, -0.05) is 0 Å². The van der Waals surface area contributed by atoms with Gasteiger partial charge in [-0.15, -0.1) is 0 Å². The standard InChI is InChI=1S/2C4H9.C3H7O2S.Sn/c2*1-3-4-2;4-1-3(5)2-6;/h2*1,3-4H2,2H3;3,5-6H,1-2H2;/q;;-1;+2/p-1. The van der Waals surface area contributed by atoms with E-state index in [-0.39, 0.29) is 6.10 Å². The molecule has 0 aliphatic carbocycles. The van der Waals surface area contributed by atoms with E-state index in [1.54, 1.807) is 0 Å². The minimum absolute atomic E-state index is 0.205. The van der Waals surface area contributed by atoms with E-state index in [1.165, 1.54) is 34.6 Å². The molecule has 1 atom stereocenters. The van der Waals surface area contributed by atoms with Crippen LogP contribution in [-0.4, -0.2) is 41.0 Å². The van der Waals surface area contributed by atoms with Crippen molar-refractivity contribution in [2.45, 2.75) is 54.5 Å². The molecule has 1 aliphatic rings. The van der Waals surface area contributed by atoms with Crippen LogP contribution in [0.4, 0.5) is 0 Å². The molecule has 0 amide bonds. The van der Waals surface area contributed by atoms with Gasteiger partial charge in [-0.2, -0.15) is 0 Å². The van der Waals surface area contributed by atoms with Crippen LogP contribution in [0.15, 0.2) is 0 Å². The number of unbranched alkanes of at least 4 members (excludes halogenated alkanes) is 2. The summed E-state index contributed by atoms with van der Waals surface area (Å²) in [6.07, 6.45) is 4.99. The average Bonchev–Trinajstić information content (AvgIpc) is 2.27. The molecule has 0 aromatic carbocycles. The minimum atomic E-state index is -2.29. The summed E-state index contributed by atoms with van der Waals surface area (Å²) in [7, 11) is 2.04. The Morgan fingerprint density at radius 1 is 1.27 bits per heavy atom. The van der Waals surface area contributed by atoms with Crippen molar-refractivity contribution in [3.8, 4) is 0 Å². The zero-order valence-corrected chi connectivity index (χ0v) is 13.7. The molecule has 1 heterocycles. The van der Waals surface area contributed by atoms with Gasteiger partial charge in [-0.05, 0) is 0 Å². The molecule has 1 unspecified atom stereocenters. The van der Waals surface area contributed by atoms with Crippen LogP contribution in [0.2, 0.25) is 8.87 Å². The van der Waals surface area contributed by atoms with E-state index in [4.69, 9.17) is 3.07 Å². The van der Waals surface area contributed by atoms with Crippen LogP contribution in [0.3, 0.4) is 0 Å². The SMILES string of the molecule is CCC[CH2][Sn]1([CH2]CCC)[O]CC(O)C[S]1. The first-order valence-corrected chi connectivity index (χ1v) is 15.9. The first kappa shape index (κ1) is 14.1. The molecule has 90 valence electrons. The van der Waals surface area contributed by atoms with E-state index in [2.05, 4.69) is 13.8 Å². The normalized spacial score (nSPS) is 25.4. The van der Waals surface area contributed by atoms with Crippen LogP contribution in [0.25, 0.3) is 0 Å². The molecule has 1 saturated heterocycles. The molecule has 1 N–H and O–H groups in total. The summed E-state index contributed by atoms with van der Waals surface area (Å²) in [5, 5.41) is 9.48. The summed E-state index contributed by atoms with van der Waals surface area (Å²) in [6, 6.07) is 0. The van der Waals surface area contributed by atoms with E-state index < -0.39 is 17.4 Å². The first-order valence-electron chi connectivity index (χ1n) is 6.18. The maximum atomic E-state index is 9.48. The predicted octanol–water partition coefficient (Wildman–Crippen LogP) is 3.15. The van der Waals surface area contributed by atoms with E-state index in [1.807, 2.05) is 8.95 Å². The molecule has 15 heavy (non-hydrogen) atoms. The number of rotatable bonds is 6. The summed E-state index contributed by atoms with van der Waals surface area (Å²) in [5.41, 5.74) is 0. The predicted molar refractivity (Wildman–Crippen MR) is 69.6 cm³/mol. The van der Waals surface area contributed by atoms with Crippen molar-refractivity contribution in [1.29, 1.82) is 0 Å². The van der Waals surface area contributed by atoms with Gasteiger partial charge in [-0.25, -0.2) is 0 Å². The van der Waals surface area contributed by atoms with Gasteiger partial charge in [0.25, 0.3) is 0 Å². The summed E-state index contributed by atoms with van der Waals surface area (Å²) >= 11 is -2.29. The molecule has 0 radical (unpaired) electrons. The molecule has 0 saturated carbocycles. The van der Waals surface area contributed by atoms with Crippen LogP contribution in [-0.2, 0) is 3.07 Å². The van der Waals surface area contributed by atoms with E-state index in [0.717, 1.165) is 5.75 Å². The van der Waals surface area contributed by atoms with Gasteiger partial charge in [0.1, 0.15) is 0 Å². The molecule has 2 nitrogen and oxygen atoms in total. The van der Waals surface area contributed by atoms with E-state index in [9.17, 15) is 5.11 Å². The average molecular weight is 339 g/mol. The Kier molecular flexibility index (Phi) is 6.98. The summed E-state index contributed by atoms with van der Waals surface area (Å²) in [5.74, 6) is 0.934. The third-order valence-electron chi connectivity index (χ3n) is 2.90. The van der Waals surface area contributed by atoms with Gasteiger partial charge in [-0.3, -0.25) is 0 Å². The number of hydrogen-bond donors (Lipinski definition) is 1. The molecular formula is C11H24O2SSn. The van der Waals surface area contributed by atoms with Crippen molar-refractivity contribution in [3.05, 3.63) is 0 Å². The molecule has 0 bridgehead atoms. The molecule has 0 aromatic rings. The molecular weight excluding hydrogens is 315 g/mol. The Hall–Kier alpha value is 1.07. The Bertz CT molecular complexity index is 152. The second-order valence-corrected chi connectivity index (χ2v) is 21.4. The van der Waals surface area contributed by atoms with Crippen LogP contribution in [0.5, 0.6) is 0 Å². The Balaban J connectivity index is 2.44. The fourth-order valence-corrected chi connectivity index (χ4v) is 20.7. The second-order valence-electron chi connectivity index (χ2n) is 4.39. The van der Waals surface area contributed by atoms with Crippen molar-refractivity contribution >= 4 is 26.4 Å². The number of aliphatic hydroxyl groups is 1. The monoisotopic (exact) mass is 340 g/mol. The third-order valence-corrected chi connectivity index (χ3v) is 21.8. The number of hydrogen-bond acceptors (Lipinski definition) is 3. The quantitative estimate of drug-likeness (QED) is 0.754. The van der Waals surface area contributed by atoms with Crippen molar-refractivity contribution in [3.63, 3.8) is 0 Å². The zero-order valence-electron chi connectivity index (χ0n) is 10.00. The van der Waals surface area contributed by atoms with Gasteiger partial charge < -0.3 is 0 Å². The van der Waals surface area contributed by atoms with Crippen LogP contribution in [0.1, 0.15) is 39.5 Å². The molecule has 4 heteroatoms. The van der Waals surface area contributed by atoms with Gasteiger partial charge in [0, 0.05) is 0 Å². The van der Waals surface area contributed by atoms with E-state index >= 15 is 0 Å². The first-order chi connectivity index (χ1) is 7.22. The second kappa shape index (κ2) is 7.41. The molecule has 1 rings (SSSR count). The Morgan fingerprint density at radius 2 is 1.87 bits per heavy atom. The third kappa shape index (κ3) is 4.84. The summed E-state index contributed by atoms with van der Waals surface area (Å²) in [6.45, 7) is 5.12. The van der Waals surface area contributed by atoms with Crippen molar-refractivity contribution in [1.82, 2.24) is 0 Å². The Morgan fingerprint density at radius 3 is 2.27 bits per heavy atom. The summed E-state index contributed by atoms with van der Waals surface area (Å²) < 4.78 is 8.80. The van der Waals surface area contributed by atoms with Gasteiger partial charge in [0.15, 0.2) is 0 Å². The molecule has 0 aromatic heterocycles. The van der Waals surface area contributed by atoms with Gasteiger partial charge in [0.05, 0.1) is 0 Å². The van der Waals surface area contributed by atoms with E-state index in [0.29, 0.717) is 6.61 Å². The number of aliphatic hydroxyl groups excluding tert-OH is 1. The van der Waals surface area contributed by atoms with Crippen molar-refractivity contribution < 1.29 is 8.18 Å². The van der Waals surface area contributed by atoms with Crippen LogP contribution in [0, 0.1) is 0 Å². The summed E-state index contributed by atoms with van der Waals surface area (Å²) in [4.78, 5) is 0. The topological polar surface area (TPSA) is 29.5 Å². The fourth-order valence-electron chi connectivity index (χ4n) is 1.89. The molecule has 0 spiro atoms. The van der Waals surface area contributed by atoms with Gasteiger partial charge >= 0.3 is 101 Å². The van der Waals surface area contributed by atoms with Crippen molar-refractivity contribution in [2.75, 3.05) is 12.4 Å². The van der Waals surface area contributed by atoms with Crippen LogP contribution < -0.4 is 0 Å². The van der Waals surface area contributed by atoms with Gasteiger partial charge in [0.2, 0.25) is 0 Å². The zero-order chi connectivity index (χ0) is 11.1. The van der Waals surface area contributed by atoms with Crippen LogP contribution >= 0.6 is 8.95 Å². The molecule has 1 aliphatic heterocycles. The molecule has 1 fully saturated rings. The van der Waals surface area contributed by atoms with Crippen molar-refractivity contribution in [2.24, 2.45) is 0 Å². The Labute approximate surface area is 101 Å².